The van der Waals surface area contributed by atoms with Gasteiger partial charge in [-0.2, -0.15) is 0 Å². The zero-order chi connectivity index (χ0) is 11.2. The summed E-state index contributed by atoms with van der Waals surface area (Å²) in [7, 11) is 0. The van der Waals surface area contributed by atoms with Crippen molar-refractivity contribution in [3.63, 3.8) is 0 Å². The van der Waals surface area contributed by atoms with Crippen molar-refractivity contribution in [3.05, 3.63) is 71.8 Å². The van der Waals surface area contributed by atoms with Crippen molar-refractivity contribution in [2.24, 2.45) is 0 Å². The molecule has 0 aromatic heterocycles. The Morgan fingerprint density at radius 3 is 2.76 bits per heavy atom. The van der Waals surface area contributed by atoms with Gasteiger partial charge in [0.15, 0.2) is 0 Å². The third-order valence-corrected chi connectivity index (χ3v) is 3.59. The molecule has 0 spiro atoms. The predicted octanol–water partition coefficient (Wildman–Crippen LogP) is 4.21. The van der Waals surface area contributed by atoms with Gasteiger partial charge >= 0.3 is 0 Å². The van der Waals surface area contributed by atoms with Crippen molar-refractivity contribution in [3.8, 4) is 11.1 Å². The molecule has 1 aliphatic carbocycles. The molecule has 0 amide bonds. The summed E-state index contributed by atoms with van der Waals surface area (Å²) in [4.78, 5) is 0. The summed E-state index contributed by atoms with van der Waals surface area (Å²) >= 11 is 0. The summed E-state index contributed by atoms with van der Waals surface area (Å²) in [5.74, 6) is 0. The minimum Gasteiger partial charge on any atom is -0.0619 e. The van der Waals surface area contributed by atoms with Crippen LogP contribution in [-0.2, 0) is 6.42 Å². The largest absolute Gasteiger partial charge is 0.0619 e. The highest BCUT2D eigenvalue weighted by atomic mass is 14.2. The van der Waals surface area contributed by atoms with E-state index >= 15 is 0 Å². The van der Waals surface area contributed by atoms with Crippen LogP contribution in [0.5, 0.6) is 0 Å². The van der Waals surface area contributed by atoms with Crippen LogP contribution in [0.25, 0.3) is 21.9 Å². The molecule has 1 aliphatic rings. The fourth-order valence-corrected chi connectivity index (χ4v) is 2.82. The van der Waals surface area contributed by atoms with Gasteiger partial charge in [0.2, 0.25) is 0 Å². The zero-order valence-electron chi connectivity index (χ0n) is 9.40. The van der Waals surface area contributed by atoms with Gasteiger partial charge in [-0.3, -0.25) is 0 Å². The second kappa shape index (κ2) is 3.21. The van der Waals surface area contributed by atoms with Crippen LogP contribution in [0.4, 0.5) is 0 Å². The van der Waals surface area contributed by atoms with Crippen molar-refractivity contribution in [2.75, 3.05) is 0 Å². The molecule has 79 valence electrons. The summed E-state index contributed by atoms with van der Waals surface area (Å²) in [6, 6.07) is 22.8. The first-order valence-corrected chi connectivity index (χ1v) is 5.94. The van der Waals surface area contributed by atoms with Gasteiger partial charge < -0.3 is 0 Å². The van der Waals surface area contributed by atoms with Crippen molar-refractivity contribution in [2.45, 2.75) is 6.42 Å². The van der Waals surface area contributed by atoms with E-state index in [1.807, 2.05) is 6.07 Å². The molecule has 0 atom stereocenters. The molecule has 0 N–H and O–H groups in total. The maximum absolute atomic E-state index is 3.39. The van der Waals surface area contributed by atoms with E-state index in [-0.39, 0.29) is 0 Å². The molecule has 0 aliphatic heterocycles. The lowest BCUT2D eigenvalue weighted by Crippen LogP contribution is -1.82. The fraction of sp³-hybridized carbons (Fsp3) is 0.0588. The van der Waals surface area contributed by atoms with Crippen LogP contribution >= 0.6 is 0 Å². The van der Waals surface area contributed by atoms with Gasteiger partial charge in [-0.15, -0.1) is 0 Å². The molecule has 17 heavy (non-hydrogen) atoms. The molecule has 0 unspecified atom stereocenters. The number of rotatable bonds is 0. The van der Waals surface area contributed by atoms with Crippen LogP contribution < -0.4 is 0 Å². The molecule has 3 aromatic rings. The van der Waals surface area contributed by atoms with E-state index < -0.39 is 0 Å². The lowest BCUT2D eigenvalue weighted by atomic mass is 9.98. The highest BCUT2D eigenvalue weighted by Crippen LogP contribution is 2.40. The summed E-state index contributed by atoms with van der Waals surface area (Å²) in [5.41, 5.74) is 5.64. The van der Waals surface area contributed by atoms with Gasteiger partial charge in [0.05, 0.1) is 0 Å². The Labute approximate surface area is 101 Å². The first kappa shape index (κ1) is 9.00. The van der Waals surface area contributed by atoms with Gasteiger partial charge in [-0.05, 0) is 45.5 Å². The average molecular weight is 215 g/mol. The van der Waals surface area contributed by atoms with Crippen LogP contribution in [0.15, 0.2) is 54.6 Å². The molecule has 0 saturated heterocycles. The number of hydrogen-bond acceptors (Lipinski definition) is 0. The molecule has 0 saturated carbocycles. The quantitative estimate of drug-likeness (QED) is 0.412. The Morgan fingerprint density at radius 1 is 0.824 bits per heavy atom. The standard InChI is InChI=1S/C17H11/c1-3-7-15-12(5-1)9-10-14-11-13-6-2-4-8-16(13)17(14)15/h1-6,8-10H,11H2. The van der Waals surface area contributed by atoms with Gasteiger partial charge in [-0.1, -0.05) is 54.6 Å². The van der Waals surface area contributed by atoms with Crippen molar-refractivity contribution in [1.82, 2.24) is 0 Å². The number of fused-ring (bicyclic) bond motifs is 5. The molecule has 0 nitrogen and oxygen atoms in total. The molecular weight excluding hydrogens is 204 g/mol. The summed E-state index contributed by atoms with van der Waals surface area (Å²) in [6.45, 7) is 0. The van der Waals surface area contributed by atoms with Crippen LogP contribution in [0.1, 0.15) is 11.1 Å². The van der Waals surface area contributed by atoms with Crippen molar-refractivity contribution >= 4 is 10.8 Å². The summed E-state index contributed by atoms with van der Waals surface area (Å²) in [6.07, 6.45) is 1.06. The Balaban J connectivity index is 2.17. The van der Waals surface area contributed by atoms with Crippen LogP contribution in [0, 0.1) is 6.07 Å². The summed E-state index contributed by atoms with van der Waals surface area (Å²) < 4.78 is 0. The van der Waals surface area contributed by atoms with Crippen molar-refractivity contribution in [1.29, 1.82) is 0 Å². The monoisotopic (exact) mass is 215 g/mol. The molecule has 3 aromatic carbocycles. The van der Waals surface area contributed by atoms with E-state index in [1.165, 1.54) is 33.0 Å². The van der Waals surface area contributed by atoms with Gasteiger partial charge in [0.25, 0.3) is 0 Å². The van der Waals surface area contributed by atoms with Crippen molar-refractivity contribution < 1.29 is 0 Å². The highest BCUT2D eigenvalue weighted by Gasteiger charge is 2.19. The SMILES string of the molecule is [c]1cccc2ccc3c(c12)-c1ccccc1C3. The number of hydrogen-bond donors (Lipinski definition) is 0. The second-order valence-corrected chi connectivity index (χ2v) is 4.57. The van der Waals surface area contributed by atoms with Crippen LogP contribution in [-0.4, -0.2) is 0 Å². The normalized spacial score (nSPS) is 12.5. The predicted molar refractivity (Wildman–Crippen MR) is 71.0 cm³/mol. The van der Waals surface area contributed by atoms with E-state index in [4.69, 9.17) is 0 Å². The fourth-order valence-electron chi connectivity index (χ4n) is 2.82. The lowest BCUT2D eigenvalue weighted by molar-refractivity contribution is 1.27. The Bertz CT molecular complexity index is 723. The lowest BCUT2D eigenvalue weighted by Gasteiger charge is -2.05. The van der Waals surface area contributed by atoms with E-state index in [0.717, 1.165) is 6.42 Å². The molecule has 0 fully saturated rings. The van der Waals surface area contributed by atoms with Gasteiger partial charge in [-0.25, -0.2) is 0 Å². The topological polar surface area (TPSA) is 0 Å². The van der Waals surface area contributed by atoms with Gasteiger partial charge in [0, 0.05) is 0 Å². The molecule has 4 rings (SSSR count). The molecule has 1 radical (unpaired) electrons. The molecule has 0 heterocycles. The summed E-state index contributed by atoms with van der Waals surface area (Å²) in [5, 5.41) is 2.54. The maximum Gasteiger partial charge on any atom is -0.00132 e. The molecule has 0 heteroatoms. The minimum absolute atomic E-state index is 1.06. The van der Waals surface area contributed by atoms with E-state index in [9.17, 15) is 0 Å². The van der Waals surface area contributed by atoms with E-state index in [2.05, 4.69) is 54.6 Å². The third-order valence-electron chi connectivity index (χ3n) is 3.59. The molecule has 0 bridgehead atoms. The minimum atomic E-state index is 1.06. The van der Waals surface area contributed by atoms with E-state index in [0.29, 0.717) is 0 Å². The highest BCUT2D eigenvalue weighted by molar-refractivity contribution is 6.00. The third kappa shape index (κ3) is 1.18. The van der Waals surface area contributed by atoms with E-state index in [1.54, 1.807) is 0 Å². The number of benzene rings is 3. The second-order valence-electron chi connectivity index (χ2n) is 4.57. The Morgan fingerprint density at radius 2 is 1.76 bits per heavy atom. The maximum atomic E-state index is 3.39. The Kier molecular flexibility index (Phi) is 1.70. The first-order chi connectivity index (χ1) is 8.43. The molecular formula is C17H11. The zero-order valence-corrected chi connectivity index (χ0v) is 9.40. The van der Waals surface area contributed by atoms with Crippen LogP contribution in [0.2, 0.25) is 0 Å². The smallest absolute Gasteiger partial charge is 0.00132 e. The van der Waals surface area contributed by atoms with Crippen LogP contribution in [0.3, 0.4) is 0 Å². The Hall–Kier alpha value is -2.08. The van der Waals surface area contributed by atoms with Gasteiger partial charge in [0.1, 0.15) is 0 Å². The first-order valence-electron chi connectivity index (χ1n) is 5.94. The average Bonchev–Trinajstić information content (AvgIpc) is 2.77.